The molecule has 0 aliphatic carbocycles. The summed E-state index contributed by atoms with van der Waals surface area (Å²) in [6, 6.07) is 1.83. The van der Waals surface area contributed by atoms with Gasteiger partial charge in [0, 0.05) is 11.7 Å². The average molecular weight is 276 g/mol. The van der Waals surface area contributed by atoms with E-state index in [9.17, 15) is 17.2 Å². The van der Waals surface area contributed by atoms with Crippen LogP contribution in [0.2, 0.25) is 0 Å². The van der Waals surface area contributed by atoms with Crippen molar-refractivity contribution in [2.75, 3.05) is 22.6 Å². The van der Waals surface area contributed by atoms with Gasteiger partial charge in [0.05, 0.1) is 11.5 Å². The first kappa shape index (κ1) is 13.1. The summed E-state index contributed by atoms with van der Waals surface area (Å²) < 4.78 is 49.5. The Morgan fingerprint density at radius 1 is 1.17 bits per heavy atom. The molecule has 1 heterocycles. The predicted octanol–water partition coefficient (Wildman–Crippen LogP) is 1.54. The maximum absolute atomic E-state index is 13.5. The van der Waals surface area contributed by atoms with Gasteiger partial charge in [-0.15, -0.1) is 0 Å². The molecule has 0 spiro atoms. The van der Waals surface area contributed by atoms with Crippen molar-refractivity contribution in [3.63, 3.8) is 0 Å². The minimum absolute atomic E-state index is 0.0155. The van der Waals surface area contributed by atoms with E-state index in [-0.39, 0.29) is 28.9 Å². The second-order valence-corrected chi connectivity index (χ2v) is 6.73. The predicted molar refractivity (Wildman–Crippen MR) is 66.1 cm³/mol. The van der Waals surface area contributed by atoms with Crippen molar-refractivity contribution in [3.8, 4) is 0 Å². The minimum atomic E-state index is -2.98. The van der Waals surface area contributed by atoms with Crippen molar-refractivity contribution in [2.24, 2.45) is 0 Å². The standard InChI is InChI=1S/C11H14F2N2O2S/c12-9-5-7(14)6-10(13)11(9)15-8-1-3-18(16,17)4-2-8/h5-6,8,15H,1-4,14H2. The zero-order valence-corrected chi connectivity index (χ0v) is 10.4. The average Bonchev–Trinajstić information content (AvgIpc) is 2.25. The van der Waals surface area contributed by atoms with Crippen LogP contribution in [0, 0.1) is 11.6 Å². The van der Waals surface area contributed by atoms with Crippen LogP contribution in [0.15, 0.2) is 12.1 Å². The topological polar surface area (TPSA) is 72.2 Å². The van der Waals surface area contributed by atoms with E-state index >= 15 is 0 Å². The molecule has 0 amide bonds. The molecule has 1 aromatic rings. The third kappa shape index (κ3) is 2.90. The maximum Gasteiger partial charge on any atom is 0.151 e. The first-order valence-corrected chi connectivity index (χ1v) is 7.41. The lowest BCUT2D eigenvalue weighted by Gasteiger charge is -2.24. The molecule has 0 radical (unpaired) electrons. The summed E-state index contributed by atoms with van der Waals surface area (Å²) >= 11 is 0. The first-order chi connectivity index (χ1) is 8.37. The number of rotatable bonds is 2. The van der Waals surface area contributed by atoms with Crippen LogP contribution in [0.4, 0.5) is 20.2 Å². The van der Waals surface area contributed by atoms with E-state index in [1.807, 2.05) is 0 Å². The van der Waals surface area contributed by atoms with Gasteiger partial charge in [-0.25, -0.2) is 17.2 Å². The molecule has 100 valence electrons. The number of sulfone groups is 1. The van der Waals surface area contributed by atoms with Crippen LogP contribution in [-0.4, -0.2) is 26.0 Å². The number of halogens is 2. The summed E-state index contributed by atoms with van der Waals surface area (Å²) in [6.45, 7) is 0. The molecule has 2 rings (SSSR count). The molecule has 1 aromatic carbocycles. The molecule has 1 aliphatic heterocycles. The Morgan fingerprint density at radius 2 is 1.67 bits per heavy atom. The van der Waals surface area contributed by atoms with E-state index in [1.54, 1.807) is 0 Å². The fourth-order valence-electron chi connectivity index (χ4n) is 1.97. The number of nitrogens with two attached hydrogens (primary N) is 1. The largest absolute Gasteiger partial charge is 0.399 e. The van der Waals surface area contributed by atoms with E-state index in [2.05, 4.69) is 5.32 Å². The van der Waals surface area contributed by atoms with Crippen LogP contribution in [0.1, 0.15) is 12.8 Å². The monoisotopic (exact) mass is 276 g/mol. The maximum atomic E-state index is 13.5. The van der Waals surface area contributed by atoms with Crippen molar-refractivity contribution < 1.29 is 17.2 Å². The summed E-state index contributed by atoms with van der Waals surface area (Å²) in [4.78, 5) is 0. The van der Waals surface area contributed by atoms with Crippen LogP contribution in [0.25, 0.3) is 0 Å². The Hall–Kier alpha value is -1.37. The van der Waals surface area contributed by atoms with Crippen LogP contribution in [0.5, 0.6) is 0 Å². The van der Waals surface area contributed by atoms with Gasteiger partial charge in [0.2, 0.25) is 0 Å². The number of hydrogen-bond acceptors (Lipinski definition) is 4. The van der Waals surface area contributed by atoms with Crippen molar-refractivity contribution in [2.45, 2.75) is 18.9 Å². The molecule has 0 unspecified atom stereocenters. The zero-order valence-electron chi connectivity index (χ0n) is 9.62. The fraction of sp³-hybridized carbons (Fsp3) is 0.455. The summed E-state index contributed by atoms with van der Waals surface area (Å²) in [5, 5.41) is 2.71. The second-order valence-electron chi connectivity index (χ2n) is 4.43. The number of nitrogens with one attached hydrogen (secondary N) is 1. The van der Waals surface area contributed by atoms with E-state index in [4.69, 9.17) is 5.73 Å². The van der Waals surface area contributed by atoms with E-state index < -0.39 is 21.5 Å². The molecule has 7 heteroatoms. The van der Waals surface area contributed by atoms with E-state index in [0.29, 0.717) is 12.8 Å². The van der Waals surface area contributed by atoms with Gasteiger partial charge < -0.3 is 11.1 Å². The molecule has 4 nitrogen and oxygen atoms in total. The second kappa shape index (κ2) is 4.72. The van der Waals surface area contributed by atoms with Gasteiger partial charge >= 0.3 is 0 Å². The highest BCUT2D eigenvalue weighted by atomic mass is 32.2. The molecule has 0 aromatic heterocycles. The number of hydrogen-bond donors (Lipinski definition) is 2. The summed E-state index contributed by atoms with van der Waals surface area (Å²) in [7, 11) is -2.98. The third-order valence-corrected chi connectivity index (χ3v) is 4.68. The lowest BCUT2D eigenvalue weighted by atomic mass is 10.1. The van der Waals surface area contributed by atoms with Crippen molar-refractivity contribution >= 4 is 21.2 Å². The Morgan fingerprint density at radius 3 is 2.17 bits per heavy atom. The van der Waals surface area contributed by atoms with Crippen LogP contribution in [-0.2, 0) is 9.84 Å². The minimum Gasteiger partial charge on any atom is -0.399 e. The van der Waals surface area contributed by atoms with Crippen molar-refractivity contribution in [1.29, 1.82) is 0 Å². The summed E-state index contributed by atoms with van der Waals surface area (Å²) in [5.74, 6) is -1.44. The van der Waals surface area contributed by atoms with Crippen LogP contribution in [0.3, 0.4) is 0 Å². The van der Waals surface area contributed by atoms with Gasteiger partial charge in [0.15, 0.2) is 11.6 Å². The molecule has 0 bridgehead atoms. The molecule has 3 N–H and O–H groups in total. The quantitative estimate of drug-likeness (QED) is 0.804. The lowest BCUT2D eigenvalue weighted by molar-refractivity contribution is 0.549. The zero-order chi connectivity index (χ0) is 13.3. The highest BCUT2D eigenvalue weighted by Gasteiger charge is 2.25. The number of nitrogen functional groups attached to an aromatic ring is 1. The van der Waals surface area contributed by atoms with Gasteiger partial charge in [0.1, 0.15) is 15.5 Å². The molecule has 18 heavy (non-hydrogen) atoms. The Kier molecular flexibility index (Phi) is 3.43. The fourth-order valence-corrected chi connectivity index (χ4v) is 3.46. The molecule has 0 atom stereocenters. The molecule has 1 aliphatic rings. The molecular weight excluding hydrogens is 262 g/mol. The van der Waals surface area contributed by atoms with Crippen LogP contribution >= 0.6 is 0 Å². The third-order valence-electron chi connectivity index (χ3n) is 2.97. The van der Waals surface area contributed by atoms with E-state index in [0.717, 1.165) is 12.1 Å². The molecule has 1 fully saturated rings. The van der Waals surface area contributed by atoms with Gasteiger partial charge in [-0.3, -0.25) is 0 Å². The highest BCUT2D eigenvalue weighted by molar-refractivity contribution is 7.91. The highest BCUT2D eigenvalue weighted by Crippen LogP contribution is 2.25. The van der Waals surface area contributed by atoms with Crippen molar-refractivity contribution in [1.82, 2.24) is 0 Å². The SMILES string of the molecule is Nc1cc(F)c(NC2CCS(=O)(=O)CC2)c(F)c1. The molecule has 1 saturated heterocycles. The van der Waals surface area contributed by atoms with Gasteiger partial charge in [-0.05, 0) is 25.0 Å². The number of anilines is 2. The first-order valence-electron chi connectivity index (χ1n) is 5.59. The van der Waals surface area contributed by atoms with Crippen molar-refractivity contribution in [3.05, 3.63) is 23.8 Å². The molecule has 0 saturated carbocycles. The smallest absolute Gasteiger partial charge is 0.151 e. The van der Waals surface area contributed by atoms with E-state index in [1.165, 1.54) is 0 Å². The summed E-state index contributed by atoms with van der Waals surface area (Å²) in [6.07, 6.45) is 0.706. The Balaban J connectivity index is 2.11. The Bertz CT molecular complexity index is 523. The van der Waals surface area contributed by atoms with Gasteiger partial charge in [-0.1, -0.05) is 0 Å². The lowest BCUT2D eigenvalue weighted by Crippen LogP contribution is -2.32. The summed E-state index contributed by atoms with van der Waals surface area (Å²) in [5.41, 5.74) is 5.08. The normalized spacial score (nSPS) is 19.7. The van der Waals surface area contributed by atoms with Gasteiger partial charge in [0.25, 0.3) is 0 Å². The molecular formula is C11H14F2N2O2S. The number of benzene rings is 1. The van der Waals surface area contributed by atoms with Crippen LogP contribution < -0.4 is 11.1 Å². The Labute approximate surface area is 104 Å². The van der Waals surface area contributed by atoms with Gasteiger partial charge in [-0.2, -0.15) is 0 Å².